The zero-order chi connectivity index (χ0) is 23.0. The Morgan fingerprint density at radius 1 is 1.03 bits per heavy atom. The third-order valence-electron chi connectivity index (χ3n) is 4.58. The van der Waals surface area contributed by atoms with Crippen molar-refractivity contribution in [3.8, 4) is 5.75 Å². The fourth-order valence-electron chi connectivity index (χ4n) is 2.92. The molecule has 0 unspecified atom stereocenters. The first kappa shape index (κ1) is 23.6. The number of rotatable bonds is 9. The zero-order valence-corrected chi connectivity index (χ0v) is 19.5. The topological polar surface area (TPSA) is 99.1 Å². The van der Waals surface area contributed by atoms with Crippen molar-refractivity contribution >= 4 is 38.1 Å². The minimum atomic E-state index is -3.88. The van der Waals surface area contributed by atoms with Gasteiger partial charge in [0.1, 0.15) is 5.75 Å². The van der Waals surface area contributed by atoms with E-state index in [9.17, 15) is 18.3 Å². The molecule has 0 aliphatic heterocycles. The third-order valence-corrected chi connectivity index (χ3v) is 6.93. The predicted molar refractivity (Wildman–Crippen MR) is 127 cm³/mol. The molecule has 3 aromatic rings. The summed E-state index contributed by atoms with van der Waals surface area (Å²) < 4.78 is 28.1. The number of hydrogen-bond donors (Lipinski definition) is 2. The van der Waals surface area contributed by atoms with E-state index < -0.39 is 22.5 Å². The smallest absolute Gasteiger partial charge is 0.255 e. The number of benzene rings is 3. The molecular weight excluding hydrogens is 494 g/mol. The van der Waals surface area contributed by atoms with E-state index >= 15 is 0 Å². The average molecular weight is 516 g/mol. The van der Waals surface area contributed by atoms with Crippen LogP contribution in [0.2, 0.25) is 0 Å². The summed E-state index contributed by atoms with van der Waals surface area (Å²) >= 11 is 3.30. The van der Waals surface area contributed by atoms with Gasteiger partial charge in [-0.05, 0) is 42.3 Å². The van der Waals surface area contributed by atoms with Crippen molar-refractivity contribution in [1.82, 2.24) is 9.73 Å². The number of carbonyl (C=O) groups is 1. The van der Waals surface area contributed by atoms with Crippen LogP contribution < -0.4 is 5.43 Å². The fraction of sp³-hybridized carbons (Fsp3) is 0.130. The van der Waals surface area contributed by atoms with E-state index in [0.29, 0.717) is 12.0 Å². The van der Waals surface area contributed by atoms with Crippen molar-refractivity contribution in [3.63, 3.8) is 0 Å². The normalized spacial score (nSPS) is 11.7. The first-order valence-electron chi connectivity index (χ1n) is 9.76. The fourth-order valence-corrected chi connectivity index (χ4v) is 4.72. The quantitative estimate of drug-likeness (QED) is 0.336. The van der Waals surface area contributed by atoms with Crippen LogP contribution in [0.15, 0.2) is 93.3 Å². The molecule has 0 atom stereocenters. The highest BCUT2D eigenvalue weighted by molar-refractivity contribution is 9.10. The number of hydrogen-bond acceptors (Lipinski definition) is 5. The van der Waals surface area contributed by atoms with Gasteiger partial charge in [0.2, 0.25) is 10.0 Å². The number of carbonyl (C=O) groups excluding carboxylic acids is 1. The van der Waals surface area contributed by atoms with Gasteiger partial charge in [0.05, 0.1) is 17.7 Å². The molecule has 7 nitrogen and oxygen atoms in total. The molecule has 0 spiro atoms. The summed E-state index contributed by atoms with van der Waals surface area (Å²) in [6.07, 6.45) is 1.74. The molecule has 0 heterocycles. The molecule has 2 N–H and O–H groups in total. The van der Waals surface area contributed by atoms with Crippen LogP contribution in [-0.2, 0) is 21.2 Å². The second-order valence-corrected chi connectivity index (χ2v) is 9.74. The molecule has 0 aromatic heterocycles. The molecule has 0 fully saturated rings. The number of hydrazone groups is 1. The lowest BCUT2D eigenvalue weighted by atomic mass is 10.1. The molecule has 3 rings (SSSR count). The van der Waals surface area contributed by atoms with Crippen molar-refractivity contribution in [2.45, 2.75) is 11.3 Å². The standard InChI is InChI=1S/C23H22BrN3O4S/c24-20-11-12-22(28)19(15-20)16-25-26-23(29)17-27(14-13-18-7-3-1-4-8-18)32(30,31)21-9-5-2-6-10-21/h1-12,15-16,28H,13-14,17H2,(H,26,29)/b25-16-. The van der Waals surface area contributed by atoms with Gasteiger partial charge in [-0.25, -0.2) is 13.8 Å². The minimum absolute atomic E-state index is 0.00217. The summed E-state index contributed by atoms with van der Waals surface area (Å²) in [5.74, 6) is -0.592. The Labute approximate surface area is 195 Å². The second-order valence-electron chi connectivity index (χ2n) is 6.88. The van der Waals surface area contributed by atoms with Gasteiger partial charge < -0.3 is 5.11 Å². The summed E-state index contributed by atoms with van der Waals surface area (Å²) in [4.78, 5) is 12.6. The Bertz CT molecular complexity index is 1190. The Kier molecular flexibility index (Phi) is 8.15. The molecule has 3 aromatic carbocycles. The lowest BCUT2D eigenvalue weighted by Gasteiger charge is -2.21. The highest BCUT2D eigenvalue weighted by Gasteiger charge is 2.26. The van der Waals surface area contributed by atoms with E-state index in [4.69, 9.17) is 0 Å². The molecular formula is C23H22BrN3O4S. The molecule has 0 saturated heterocycles. The van der Waals surface area contributed by atoms with Gasteiger partial charge in [0, 0.05) is 16.6 Å². The molecule has 32 heavy (non-hydrogen) atoms. The summed E-state index contributed by atoms with van der Waals surface area (Å²) in [5.41, 5.74) is 3.69. The molecule has 0 radical (unpaired) electrons. The Morgan fingerprint density at radius 2 is 1.69 bits per heavy atom. The number of aromatic hydroxyl groups is 1. The number of amides is 1. The lowest BCUT2D eigenvalue weighted by Crippen LogP contribution is -2.40. The predicted octanol–water partition coefficient (Wildman–Crippen LogP) is 3.54. The van der Waals surface area contributed by atoms with Crippen LogP contribution in [0.1, 0.15) is 11.1 Å². The number of phenols is 1. The van der Waals surface area contributed by atoms with Gasteiger partial charge in [-0.3, -0.25) is 4.79 Å². The van der Waals surface area contributed by atoms with Crippen molar-refractivity contribution in [2.75, 3.05) is 13.1 Å². The molecule has 166 valence electrons. The van der Waals surface area contributed by atoms with E-state index in [-0.39, 0.29) is 17.2 Å². The van der Waals surface area contributed by atoms with Crippen LogP contribution in [0.4, 0.5) is 0 Å². The second kappa shape index (κ2) is 11.0. The van der Waals surface area contributed by atoms with Crippen LogP contribution >= 0.6 is 15.9 Å². The maximum absolute atomic E-state index is 13.1. The van der Waals surface area contributed by atoms with Gasteiger partial charge in [0.25, 0.3) is 5.91 Å². The molecule has 9 heteroatoms. The highest BCUT2D eigenvalue weighted by Crippen LogP contribution is 2.20. The van der Waals surface area contributed by atoms with E-state index in [1.165, 1.54) is 24.4 Å². The Balaban J connectivity index is 1.73. The molecule has 1 amide bonds. The number of halogens is 1. The number of nitrogens with zero attached hydrogens (tertiary/aromatic N) is 2. The molecule has 0 aliphatic carbocycles. The van der Waals surface area contributed by atoms with Gasteiger partial charge in [-0.1, -0.05) is 64.5 Å². The van der Waals surface area contributed by atoms with Crippen molar-refractivity contribution in [2.24, 2.45) is 5.10 Å². The number of sulfonamides is 1. The summed E-state index contributed by atoms with van der Waals surface area (Å²) in [5, 5.41) is 13.7. The van der Waals surface area contributed by atoms with Crippen LogP contribution in [0.25, 0.3) is 0 Å². The lowest BCUT2D eigenvalue weighted by molar-refractivity contribution is -0.121. The van der Waals surface area contributed by atoms with Crippen LogP contribution in [0.3, 0.4) is 0 Å². The van der Waals surface area contributed by atoms with Gasteiger partial charge in [-0.2, -0.15) is 9.41 Å². The average Bonchev–Trinajstić information content (AvgIpc) is 2.80. The first-order valence-corrected chi connectivity index (χ1v) is 12.0. The number of phenolic OH excluding ortho intramolecular Hbond substituents is 1. The monoisotopic (exact) mass is 515 g/mol. The molecule has 0 aliphatic rings. The van der Waals surface area contributed by atoms with Gasteiger partial charge in [-0.15, -0.1) is 0 Å². The highest BCUT2D eigenvalue weighted by atomic mass is 79.9. The van der Waals surface area contributed by atoms with Crippen LogP contribution in [-0.4, -0.2) is 43.0 Å². The van der Waals surface area contributed by atoms with Crippen LogP contribution in [0.5, 0.6) is 5.75 Å². The summed E-state index contributed by atoms with van der Waals surface area (Å²) in [6, 6.07) is 22.2. The maximum atomic E-state index is 13.1. The van der Waals surface area contributed by atoms with Crippen molar-refractivity contribution in [3.05, 3.63) is 94.5 Å². The third kappa shape index (κ3) is 6.49. The van der Waals surface area contributed by atoms with E-state index in [2.05, 4.69) is 26.5 Å². The summed E-state index contributed by atoms with van der Waals surface area (Å²) in [7, 11) is -3.88. The van der Waals surface area contributed by atoms with Crippen molar-refractivity contribution < 1.29 is 18.3 Å². The van der Waals surface area contributed by atoms with Gasteiger partial charge >= 0.3 is 0 Å². The largest absolute Gasteiger partial charge is 0.507 e. The molecule has 0 bridgehead atoms. The Morgan fingerprint density at radius 3 is 2.38 bits per heavy atom. The first-order chi connectivity index (χ1) is 15.4. The van der Waals surface area contributed by atoms with E-state index in [1.807, 2.05) is 30.3 Å². The maximum Gasteiger partial charge on any atom is 0.255 e. The van der Waals surface area contributed by atoms with Gasteiger partial charge in [0.15, 0.2) is 0 Å². The number of nitrogens with one attached hydrogen (secondary N) is 1. The van der Waals surface area contributed by atoms with E-state index in [0.717, 1.165) is 14.3 Å². The minimum Gasteiger partial charge on any atom is -0.507 e. The van der Waals surface area contributed by atoms with Crippen molar-refractivity contribution in [1.29, 1.82) is 0 Å². The Hall–Kier alpha value is -3.01. The molecule has 0 saturated carbocycles. The van der Waals surface area contributed by atoms with Crippen LogP contribution in [0, 0.1) is 0 Å². The summed E-state index contributed by atoms with van der Waals surface area (Å²) in [6.45, 7) is -0.267. The zero-order valence-electron chi connectivity index (χ0n) is 17.1. The SMILES string of the molecule is O=C(CN(CCc1ccccc1)S(=O)(=O)c1ccccc1)N/N=C\c1cc(Br)ccc1O. The van der Waals surface area contributed by atoms with E-state index in [1.54, 1.807) is 30.3 Å².